The highest BCUT2D eigenvalue weighted by Gasteiger charge is 2.31. The van der Waals surface area contributed by atoms with Crippen molar-refractivity contribution in [3.05, 3.63) is 36.0 Å². The van der Waals surface area contributed by atoms with Crippen LogP contribution in [0.15, 0.2) is 30.5 Å². The molecule has 3 heterocycles. The van der Waals surface area contributed by atoms with Crippen LogP contribution in [0.1, 0.15) is 29.6 Å². The van der Waals surface area contributed by atoms with Gasteiger partial charge in [0, 0.05) is 55.9 Å². The summed E-state index contributed by atoms with van der Waals surface area (Å²) in [4.78, 5) is 35.8. The number of likely N-dealkylation sites (tertiary alicyclic amines) is 1. The lowest BCUT2D eigenvalue weighted by Crippen LogP contribution is -2.57. The van der Waals surface area contributed by atoms with Crippen LogP contribution in [-0.4, -0.2) is 89.9 Å². The highest BCUT2D eigenvalue weighted by atomic mass is 16.2. The molecule has 2 saturated heterocycles. The van der Waals surface area contributed by atoms with Crippen LogP contribution in [0.3, 0.4) is 0 Å². The van der Waals surface area contributed by atoms with Gasteiger partial charge < -0.3 is 20.1 Å². The Bertz CT molecular complexity index is 962. The molecule has 0 saturated carbocycles. The van der Waals surface area contributed by atoms with Gasteiger partial charge in [-0.1, -0.05) is 6.07 Å². The number of rotatable bonds is 5. The summed E-state index contributed by atoms with van der Waals surface area (Å²) in [6.07, 6.45) is 9.91. The molecule has 2 amide bonds. The molecule has 0 radical (unpaired) electrons. The molecule has 2 aliphatic rings. The number of carbonyl (C=O) groups is 2. The summed E-state index contributed by atoms with van der Waals surface area (Å²) >= 11 is 0. The molecule has 164 valence electrons. The molecule has 2 aliphatic heterocycles. The number of hydrogen-bond donors (Lipinski definition) is 2. The second-order valence-corrected chi connectivity index (χ2v) is 8.61. The van der Waals surface area contributed by atoms with Crippen molar-refractivity contribution >= 4 is 22.7 Å². The summed E-state index contributed by atoms with van der Waals surface area (Å²) in [5.41, 5.74) is 1.40. The predicted molar refractivity (Wildman–Crippen MR) is 122 cm³/mol. The molecule has 0 bridgehead atoms. The maximum Gasteiger partial charge on any atom is 0.252 e. The second kappa shape index (κ2) is 9.54. The van der Waals surface area contributed by atoms with E-state index in [0.29, 0.717) is 24.7 Å². The molecule has 2 N–H and O–H groups in total. The third-order valence-electron chi connectivity index (χ3n) is 6.57. The van der Waals surface area contributed by atoms with Crippen LogP contribution < -0.4 is 5.32 Å². The minimum Gasteiger partial charge on any atom is -0.361 e. The number of nitrogens with one attached hydrogen (secondary N) is 2. The van der Waals surface area contributed by atoms with Crippen LogP contribution in [-0.2, 0) is 4.79 Å². The van der Waals surface area contributed by atoms with Crippen molar-refractivity contribution in [2.24, 2.45) is 0 Å². The largest absolute Gasteiger partial charge is 0.361 e. The highest BCUT2D eigenvalue weighted by molar-refractivity contribution is 6.00. The molecule has 2 fully saturated rings. The van der Waals surface area contributed by atoms with Crippen molar-refractivity contribution in [3.8, 4) is 12.3 Å². The van der Waals surface area contributed by atoms with Gasteiger partial charge >= 0.3 is 0 Å². The normalized spacial score (nSPS) is 19.8. The lowest BCUT2D eigenvalue weighted by atomic mass is 10.0. The van der Waals surface area contributed by atoms with Crippen LogP contribution in [0.2, 0.25) is 0 Å². The SMILES string of the molecule is C#CC[C@@H](NC(=O)c1ccc2cc[nH]c2c1)C(=O)N1CCN(C2CCN(C)CC2)CC1. The smallest absolute Gasteiger partial charge is 0.252 e. The number of terminal acetylenes is 1. The fraction of sp³-hybridized carbons (Fsp3) is 0.500. The average Bonchev–Trinajstić information content (AvgIpc) is 3.27. The second-order valence-electron chi connectivity index (χ2n) is 8.61. The molecule has 0 aliphatic carbocycles. The van der Waals surface area contributed by atoms with Crippen molar-refractivity contribution in [1.29, 1.82) is 0 Å². The lowest BCUT2D eigenvalue weighted by molar-refractivity contribution is -0.135. The highest BCUT2D eigenvalue weighted by Crippen LogP contribution is 2.18. The van der Waals surface area contributed by atoms with Crippen LogP contribution in [0.4, 0.5) is 0 Å². The topological polar surface area (TPSA) is 71.7 Å². The fourth-order valence-corrected chi connectivity index (χ4v) is 4.64. The van der Waals surface area contributed by atoms with E-state index in [1.54, 1.807) is 12.1 Å². The summed E-state index contributed by atoms with van der Waals surface area (Å²) in [5.74, 6) is 2.18. The molecule has 31 heavy (non-hydrogen) atoms. The van der Waals surface area contributed by atoms with E-state index in [2.05, 4.69) is 33.1 Å². The van der Waals surface area contributed by atoms with Crippen molar-refractivity contribution in [2.75, 3.05) is 46.3 Å². The van der Waals surface area contributed by atoms with E-state index in [1.165, 1.54) is 12.8 Å². The van der Waals surface area contributed by atoms with Gasteiger partial charge in [0.25, 0.3) is 5.91 Å². The molecule has 1 aromatic carbocycles. The molecule has 1 aromatic heterocycles. The van der Waals surface area contributed by atoms with E-state index < -0.39 is 6.04 Å². The van der Waals surface area contributed by atoms with Crippen LogP contribution in [0.25, 0.3) is 10.9 Å². The molecule has 0 unspecified atom stereocenters. The Morgan fingerprint density at radius 2 is 1.90 bits per heavy atom. The number of carbonyl (C=O) groups excluding carboxylic acids is 2. The molecule has 2 aromatic rings. The number of nitrogens with zero attached hydrogens (tertiary/aromatic N) is 3. The van der Waals surface area contributed by atoms with Gasteiger partial charge in [0.05, 0.1) is 0 Å². The Labute approximate surface area is 183 Å². The van der Waals surface area contributed by atoms with E-state index in [1.807, 2.05) is 23.2 Å². The lowest BCUT2D eigenvalue weighted by Gasteiger charge is -2.42. The summed E-state index contributed by atoms with van der Waals surface area (Å²) in [5, 5.41) is 3.90. The zero-order valence-electron chi connectivity index (χ0n) is 18.1. The Morgan fingerprint density at radius 1 is 1.16 bits per heavy atom. The number of hydrogen-bond acceptors (Lipinski definition) is 4. The molecule has 1 atom stereocenters. The number of H-pyrrole nitrogens is 1. The number of fused-ring (bicyclic) bond motifs is 1. The number of aromatic nitrogens is 1. The summed E-state index contributed by atoms with van der Waals surface area (Å²) in [6, 6.07) is 7.31. The first-order valence-corrected chi connectivity index (χ1v) is 11.1. The Kier molecular flexibility index (Phi) is 6.59. The molecule has 7 heteroatoms. The third-order valence-corrected chi connectivity index (χ3v) is 6.57. The maximum atomic E-state index is 13.1. The Balaban J connectivity index is 1.35. The van der Waals surface area contributed by atoms with Crippen molar-refractivity contribution in [3.63, 3.8) is 0 Å². The maximum absolute atomic E-state index is 13.1. The summed E-state index contributed by atoms with van der Waals surface area (Å²) in [7, 11) is 2.17. The Hall–Kier alpha value is -2.82. The van der Waals surface area contributed by atoms with Crippen molar-refractivity contribution in [1.82, 2.24) is 25.0 Å². The van der Waals surface area contributed by atoms with Gasteiger partial charge in [0.15, 0.2) is 0 Å². The van der Waals surface area contributed by atoms with Gasteiger partial charge in [-0.05, 0) is 56.6 Å². The van der Waals surface area contributed by atoms with Gasteiger partial charge in [-0.15, -0.1) is 12.3 Å². The molecule has 4 rings (SSSR count). The average molecular weight is 422 g/mol. The van der Waals surface area contributed by atoms with Crippen molar-refractivity contribution in [2.45, 2.75) is 31.3 Å². The summed E-state index contributed by atoms with van der Waals surface area (Å²) < 4.78 is 0. The number of benzene rings is 1. The van der Waals surface area contributed by atoms with Gasteiger partial charge in [-0.2, -0.15) is 0 Å². The molecular formula is C24H31N5O2. The van der Waals surface area contributed by atoms with Gasteiger partial charge in [0.1, 0.15) is 6.04 Å². The van der Waals surface area contributed by atoms with Gasteiger partial charge in [0.2, 0.25) is 5.91 Å². The summed E-state index contributed by atoms with van der Waals surface area (Å²) in [6.45, 7) is 5.37. The zero-order chi connectivity index (χ0) is 21.8. The number of piperidine rings is 1. The number of aromatic amines is 1. The van der Waals surface area contributed by atoms with Crippen LogP contribution in [0, 0.1) is 12.3 Å². The molecule has 7 nitrogen and oxygen atoms in total. The quantitative estimate of drug-likeness (QED) is 0.719. The van der Waals surface area contributed by atoms with E-state index in [0.717, 1.165) is 37.1 Å². The van der Waals surface area contributed by atoms with Crippen molar-refractivity contribution < 1.29 is 9.59 Å². The van der Waals surface area contributed by atoms with Crippen LogP contribution >= 0.6 is 0 Å². The fourth-order valence-electron chi connectivity index (χ4n) is 4.64. The first-order chi connectivity index (χ1) is 15.0. The van der Waals surface area contributed by atoms with E-state index in [4.69, 9.17) is 6.42 Å². The minimum atomic E-state index is -0.702. The van der Waals surface area contributed by atoms with Gasteiger partial charge in [-0.3, -0.25) is 14.5 Å². The van der Waals surface area contributed by atoms with E-state index >= 15 is 0 Å². The number of amides is 2. The zero-order valence-corrected chi connectivity index (χ0v) is 18.1. The standard InChI is InChI=1S/C24H31N5O2/c1-3-4-21(26-23(30)19-6-5-18-7-10-25-22(18)17-19)24(31)29-15-13-28(14-16-29)20-8-11-27(2)12-9-20/h1,5-7,10,17,20-21,25H,4,8-9,11-16H2,2H3,(H,26,30)/t21-/m1/s1. The predicted octanol–water partition coefficient (Wildman–Crippen LogP) is 1.53. The molecular weight excluding hydrogens is 390 g/mol. The first kappa shape index (κ1) is 21.4. The Morgan fingerprint density at radius 3 is 2.61 bits per heavy atom. The number of piperazine rings is 1. The third kappa shape index (κ3) is 4.92. The first-order valence-electron chi connectivity index (χ1n) is 11.1. The van der Waals surface area contributed by atoms with Gasteiger partial charge in [-0.25, -0.2) is 0 Å². The van der Waals surface area contributed by atoms with E-state index in [9.17, 15) is 9.59 Å². The molecule has 0 spiro atoms. The minimum absolute atomic E-state index is 0.0877. The van der Waals surface area contributed by atoms with E-state index in [-0.39, 0.29) is 18.2 Å². The van der Waals surface area contributed by atoms with Crippen LogP contribution in [0.5, 0.6) is 0 Å². The monoisotopic (exact) mass is 421 g/mol.